The summed E-state index contributed by atoms with van der Waals surface area (Å²) in [5.41, 5.74) is 5.89. The molecule has 2 rings (SSSR count). The highest BCUT2D eigenvalue weighted by atomic mass is 15.2. The van der Waals surface area contributed by atoms with E-state index < -0.39 is 0 Å². The predicted molar refractivity (Wildman–Crippen MR) is 74.4 cm³/mol. The second kappa shape index (κ2) is 6.34. The normalized spacial score (nSPS) is 24.0. The number of nitrogens with two attached hydrogens (primary N) is 1. The first kappa shape index (κ1) is 13.6. The van der Waals surface area contributed by atoms with Crippen LogP contribution in [-0.4, -0.2) is 40.1 Å². The van der Waals surface area contributed by atoms with Gasteiger partial charge in [0.1, 0.15) is 5.82 Å². The summed E-state index contributed by atoms with van der Waals surface area (Å²) in [7, 11) is 0. The van der Waals surface area contributed by atoms with E-state index in [2.05, 4.69) is 34.5 Å². The van der Waals surface area contributed by atoms with Crippen molar-refractivity contribution in [1.29, 1.82) is 0 Å². The summed E-state index contributed by atoms with van der Waals surface area (Å²) in [6.45, 7) is 8.42. The Morgan fingerprint density at radius 2 is 2.33 bits per heavy atom. The third kappa shape index (κ3) is 2.93. The first-order chi connectivity index (χ1) is 8.76. The van der Waals surface area contributed by atoms with Crippen LogP contribution in [-0.2, 0) is 6.54 Å². The quantitative estimate of drug-likeness (QED) is 0.835. The minimum Gasteiger partial charge on any atom is -0.334 e. The highest BCUT2D eigenvalue weighted by Crippen LogP contribution is 2.29. The molecule has 0 saturated heterocycles. The molecule has 4 heteroatoms. The molecule has 18 heavy (non-hydrogen) atoms. The van der Waals surface area contributed by atoms with Gasteiger partial charge in [-0.25, -0.2) is 4.98 Å². The Kier molecular flexibility index (Phi) is 4.78. The summed E-state index contributed by atoms with van der Waals surface area (Å²) in [5, 5.41) is 0. The Balaban J connectivity index is 1.91. The molecule has 0 amide bonds. The summed E-state index contributed by atoms with van der Waals surface area (Å²) in [4.78, 5) is 6.87. The van der Waals surface area contributed by atoms with Crippen molar-refractivity contribution < 1.29 is 0 Å². The molecule has 4 nitrogen and oxygen atoms in total. The maximum Gasteiger partial charge on any atom is 0.105 e. The molecule has 0 spiro atoms. The van der Waals surface area contributed by atoms with Gasteiger partial charge in [-0.3, -0.25) is 4.90 Å². The lowest BCUT2D eigenvalue weighted by Crippen LogP contribution is -2.41. The second-order valence-corrected chi connectivity index (χ2v) is 5.29. The van der Waals surface area contributed by atoms with Crippen molar-refractivity contribution in [1.82, 2.24) is 14.5 Å². The van der Waals surface area contributed by atoms with Crippen LogP contribution < -0.4 is 5.73 Å². The topological polar surface area (TPSA) is 47.1 Å². The third-order valence-electron chi connectivity index (χ3n) is 4.35. The Bertz CT molecular complexity index is 360. The van der Waals surface area contributed by atoms with Crippen molar-refractivity contribution in [2.24, 2.45) is 11.7 Å². The maximum atomic E-state index is 5.89. The van der Waals surface area contributed by atoms with Crippen molar-refractivity contribution in [2.45, 2.75) is 45.7 Å². The molecular weight excluding hydrogens is 224 g/mol. The van der Waals surface area contributed by atoms with Gasteiger partial charge >= 0.3 is 0 Å². The fraction of sp³-hybridized carbons (Fsp3) is 0.786. The molecule has 1 fully saturated rings. The minimum atomic E-state index is 0.698. The van der Waals surface area contributed by atoms with Crippen LogP contribution in [0.3, 0.4) is 0 Å². The number of likely N-dealkylation sites (N-methyl/N-ethyl adjacent to an activating group) is 1. The summed E-state index contributed by atoms with van der Waals surface area (Å²) >= 11 is 0. The Morgan fingerprint density at radius 1 is 1.50 bits per heavy atom. The minimum absolute atomic E-state index is 0.698. The van der Waals surface area contributed by atoms with Gasteiger partial charge in [0.15, 0.2) is 0 Å². The zero-order valence-corrected chi connectivity index (χ0v) is 11.7. The van der Waals surface area contributed by atoms with Gasteiger partial charge in [-0.15, -0.1) is 0 Å². The molecule has 0 aliphatic heterocycles. The summed E-state index contributed by atoms with van der Waals surface area (Å²) in [6, 6.07) is 0.698. The molecule has 1 aliphatic carbocycles. The fourth-order valence-electron chi connectivity index (χ4n) is 3.21. The number of aryl methyl sites for hydroxylation is 1. The summed E-state index contributed by atoms with van der Waals surface area (Å²) < 4.78 is 2.23. The Labute approximate surface area is 110 Å². The van der Waals surface area contributed by atoms with Crippen LogP contribution in [0, 0.1) is 12.8 Å². The highest BCUT2D eigenvalue weighted by molar-refractivity contribution is 4.90. The first-order valence-corrected chi connectivity index (χ1v) is 7.18. The van der Waals surface area contributed by atoms with E-state index in [9.17, 15) is 0 Å². The summed E-state index contributed by atoms with van der Waals surface area (Å²) in [5.74, 6) is 1.81. The van der Waals surface area contributed by atoms with Crippen molar-refractivity contribution in [3.8, 4) is 0 Å². The van der Waals surface area contributed by atoms with Crippen LogP contribution >= 0.6 is 0 Å². The third-order valence-corrected chi connectivity index (χ3v) is 4.35. The van der Waals surface area contributed by atoms with Crippen LogP contribution in [0.1, 0.15) is 32.0 Å². The van der Waals surface area contributed by atoms with Gasteiger partial charge < -0.3 is 10.3 Å². The van der Waals surface area contributed by atoms with Crippen LogP contribution in [0.15, 0.2) is 12.4 Å². The van der Waals surface area contributed by atoms with Crippen molar-refractivity contribution >= 4 is 0 Å². The largest absolute Gasteiger partial charge is 0.334 e. The van der Waals surface area contributed by atoms with Gasteiger partial charge in [-0.2, -0.15) is 0 Å². The van der Waals surface area contributed by atoms with Gasteiger partial charge in [0.05, 0.1) is 0 Å². The maximum absolute atomic E-state index is 5.89. The number of hydrogen-bond donors (Lipinski definition) is 1. The van der Waals surface area contributed by atoms with E-state index in [0.29, 0.717) is 12.0 Å². The Hall–Kier alpha value is -0.870. The lowest BCUT2D eigenvalue weighted by atomic mass is 10.0. The smallest absolute Gasteiger partial charge is 0.105 e. The molecule has 102 valence electrons. The molecule has 2 unspecified atom stereocenters. The SMILES string of the molecule is CCN(CCn1ccnc1C)C1CCCC1CN. The van der Waals surface area contributed by atoms with E-state index in [0.717, 1.165) is 32.0 Å². The molecular formula is C14H26N4. The number of nitrogens with zero attached hydrogens (tertiary/aromatic N) is 3. The van der Waals surface area contributed by atoms with E-state index in [4.69, 9.17) is 5.73 Å². The van der Waals surface area contributed by atoms with Gasteiger partial charge in [0.25, 0.3) is 0 Å². The first-order valence-electron chi connectivity index (χ1n) is 7.18. The molecule has 0 bridgehead atoms. The fourth-order valence-corrected chi connectivity index (χ4v) is 3.21. The number of aromatic nitrogens is 2. The monoisotopic (exact) mass is 250 g/mol. The molecule has 2 atom stereocenters. The van der Waals surface area contributed by atoms with Gasteiger partial charge in [-0.05, 0) is 38.8 Å². The second-order valence-electron chi connectivity index (χ2n) is 5.29. The number of hydrogen-bond acceptors (Lipinski definition) is 3. The van der Waals surface area contributed by atoms with Crippen molar-refractivity contribution in [3.05, 3.63) is 18.2 Å². The molecule has 1 aliphatic rings. The lowest BCUT2D eigenvalue weighted by molar-refractivity contribution is 0.164. The van der Waals surface area contributed by atoms with Crippen LogP contribution in [0.2, 0.25) is 0 Å². The molecule has 1 aromatic heterocycles. The van der Waals surface area contributed by atoms with Crippen molar-refractivity contribution in [2.75, 3.05) is 19.6 Å². The van der Waals surface area contributed by atoms with Crippen LogP contribution in [0.5, 0.6) is 0 Å². The summed E-state index contributed by atoms with van der Waals surface area (Å²) in [6.07, 6.45) is 7.91. The van der Waals surface area contributed by atoms with Gasteiger partial charge in [0, 0.05) is 31.5 Å². The average molecular weight is 250 g/mol. The van der Waals surface area contributed by atoms with Crippen molar-refractivity contribution in [3.63, 3.8) is 0 Å². The Morgan fingerprint density at radius 3 is 2.94 bits per heavy atom. The van der Waals surface area contributed by atoms with E-state index in [1.54, 1.807) is 0 Å². The molecule has 0 aromatic carbocycles. The van der Waals surface area contributed by atoms with Gasteiger partial charge in [-0.1, -0.05) is 13.3 Å². The predicted octanol–water partition coefficient (Wildman–Crippen LogP) is 1.64. The molecule has 2 N–H and O–H groups in total. The standard InChI is InChI=1S/C14H26N4/c1-3-17(14-6-4-5-13(14)11-15)9-10-18-8-7-16-12(18)2/h7-8,13-14H,3-6,9-11,15H2,1-2H3. The molecule has 1 saturated carbocycles. The molecule has 1 heterocycles. The number of rotatable bonds is 6. The zero-order chi connectivity index (χ0) is 13.0. The lowest BCUT2D eigenvalue weighted by Gasteiger charge is -2.31. The van der Waals surface area contributed by atoms with E-state index in [1.165, 1.54) is 19.3 Å². The highest BCUT2D eigenvalue weighted by Gasteiger charge is 2.30. The zero-order valence-electron chi connectivity index (χ0n) is 11.7. The van der Waals surface area contributed by atoms with E-state index >= 15 is 0 Å². The van der Waals surface area contributed by atoms with E-state index in [1.807, 2.05) is 6.20 Å². The van der Waals surface area contributed by atoms with Crippen LogP contribution in [0.25, 0.3) is 0 Å². The molecule has 1 aromatic rings. The van der Waals surface area contributed by atoms with E-state index in [-0.39, 0.29) is 0 Å². The molecule has 0 radical (unpaired) electrons. The van der Waals surface area contributed by atoms with Gasteiger partial charge in [0.2, 0.25) is 0 Å². The number of imidazole rings is 1. The van der Waals surface area contributed by atoms with Crippen LogP contribution in [0.4, 0.5) is 0 Å². The average Bonchev–Trinajstić information content (AvgIpc) is 2.99.